The number of nitrogens with one attached hydrogen (secondary N) is 1. The number of ether oxygens (including phenoxy) is 2. The van der Waals surface area contributed by atoms with Crippen molar-refractivity contribution >= 4 is 11.7 Å². The number of fused-ring (bicyclic) bond motifs is 1. The molecule has 0 aromatic carbocycles. The number of anilines is 1. The molecule has 23 heavy (non-hydrogen) atoms. The summed E-state index contributed by atoms with van der Waals surface area (Å²) in [6.45, 7) is 2.33. The lowest BCUT2D eigenvalue weighted by molar-refractivity contribution is 0.0184. The van der Waals surface area contributed by atoms with Crippen molar-refractivity contribution < 1.29 is 19.4 Å². The highest BCUT2D eigenvalue weighted by atomic mass is 16.6. The predicted octanol–water partition coefficient (Wildman–Crippen LogP) is 0.257. The Morgan fingerprint density at radius 2 is 2.04 bits per heavy atom. The first kappa shape index (κ1) is 14.9. The van der Waals surface area contributed by atoms with Gasteiger partial charge in [0.05, 0.1) is 24.8 Å². The van der Waals surface area contributed by atoms with Crippen molar-refractivity contribution in [2.24, 2.45) is 0 Å². The Morgan fingerprint density at radius 3 is 2.87 bits per heavy atom. The average molecular weight is 319 g/mol. The van der Waals surface area contributed by atoms with Crippen molar-refractivity contribution in [1.82, 2.24) is 9.88 Å². The van der Waals surface area contributed by atoms with Crippen LogP contribution in [-0.4, -0.2) is 71.6 Å². The number of hydrogen-bond donors (Lipinski definition) is 2. The fourth-order valence-electron chi connectivity index (χ4n) is 3.56. The minimum Gasteiger partial charge on any atom is -0.388 e. The molecule has 0 unspecified atom stereocenters. The number of carbonyl (C=O) groups excluding carboxylic acids is 1. The molecule has 124 valence electrons. The van der Waals surface area contributed by atoms with Crippen molar-refractivity contribution in [2.45, 2.75) is 37.2 Å². The minimum atomic E-state index is -0.582. The number of rotatable bonds is 3. The van der Waals surface area contributed by atoms with E-state index < -0.39 is 6.10 Å². The maximum absolute atomic E-state index is 12.7. The van der Waals surface area contributed by atoms with Crippen molar-refractivity contribution in [3.63, 3.8) is 0 Å². The summed E-state index contributed by atoms with van der Waals surface area (Å²) in [6, 6.07) is 3.46. The largest absolute Gasteiger partial charge is 0.388 e. The molecule has 3 fully saturated rings. The monoisotopic (exact) mass is 319 g/mol. The SMILES string of the molecule is O=C(c1cccnc1N[C@@H]1CO[C@H]2[C@@H]1OC[C@H]2O)N1CCCC1. The van der Waals surface area contributed by atoms with E-state index in [4.69, 9.17) is 9.47 Å². The number of likely N-dealkylation sites (tertiary alicyclic amines) is 1. The summed E-state index contributed by atoms with van der Waals surface area (Å²) in [5.41, 5.74) is 0.580. The summed E-state index contributed by atoms with van der Waals surface area (Å²) >= 11 is 0. The van der Waals surface area contributed by atoms with E-state index in [1.807, 2.05) is 4.90 Å². The van der Waals surface area contributed by atoms with Gasteiger partial charge in [0.15, 0.2) is 0 Å². The number of pyridine rings is 1. The average Bonchev–Trinajstić information content (AvgIpc) is 3.28. The summed E-state index contributed by atoms with van der Waals surface area (Å²) in [5, 5.41) is 13.1. The van der Waals surface area contributed by atoms with Gasteiger partial charge in [0.1, 0.15) is 24.1 Å². The maximum atomic E-state index is 12.7. The lowest BCUT2D eigenvalue weighted by Crippen LogP contribution is -2.37. The molecule has 1 amide bonds. The molecule has 3 aliphatic rings. The topological polar surface area (TPSA) is 83.9 Å². The van der Waals surface area contributed by atoms with Crippen LogP contribution in [0.3, 0.4) is 0 Å². The molecule has 3 saturated heterocycles. The number of amides is 1. The molecule has 1 aromatic heterocycles. The molecule has 2 N–H and O–H groups in total. The summed E-state index contributed by atoms with van der Waals surface area (Å²) in [7, 11) is 0. The molecule has 0 spiro atoms. The lowest BCUT2D eigenvalue weighted by Gasteiger charge is -2.21. The van der Waals surface area contributed by atoms with E-state index in [-0.39, 0.29) is 30.8 Å². The molecule has 0 radical (unpaired) electrons. The number of carbonyl (C=O) groups is 1. The van der Waals surface area contributed by atoms with Crippen LogP contribution in [0.1, 0.15) is 23.2 Å². The molecule has 7 heteroatoms. The van der Waals surface area contributed by atoms with Gasteiger partial charge in [0, 0.05) is 19.3 Å². The zero-order valence-corrected chi connectivity index (χ0v) is 12.9. The third-order valence-electron chi connectivity index (χ3n) is 4.78. The second-order valence-electron chi connectivity index (χ2n) is 6.31. The van der Waals surface area contributed by atoms with Crippen molar-refractivity contribution in [1.29, 1.82) is 0 Å². The Morgan fingerprint density at radius 1 is 1.26 bits per heavy atom. The first-order chi connectivity index (χ1) is 11.2. The van der Waals surface area contributed by atoms with E-state index in [9.17, 15) is 9.90 Å². The normalized spacial score (nSPS) is 33.0. The van der Waals surface area contributed by atoms with Crippen LogP contribution in [0.25, 0.3) is 0 Å². The lowest BCUT2D eigenvalue weighted by atomic mass is 10.1. The van der Waals surface area contributed by atoms with Gasteiger partial charge in [0.2, 0.25) is 0 Å². The third-order valence-corrected chi connectivity index (χ3v) is 4.78. The standard InChI is InChI=1S/C16H21N3O4/c20-12-9-23-13-11(8-22-14(12)13)18-15-10(4-3-5-17-15)16(21)19-6-1-2-7-19/h3-5,11-14,20H,1-2,6-9H2,(H,17,18)/t11-,12-,13-,14-/m1/s1. The highest BCUT2D eigenvalue weighted by Gasteiger charge is 2.47. The molecule has 0 aliphatic carbocycles. The van der Waals surface area contributed by atoms with Gasteiger partial charge in [-0.3, -0.25) is 4.79 Å². The molecule has 1 aromatic rings. The van der Waals surface area contributed by atoms with E-state index in [0.29, 0.717) is 18.0 Å². The van der Waals surface area contributed by atoms with E-state index in [1.54, 1.807) is 18.3 Å². The molecular formula is C16H21N3O4. The number of hydrogen-bond acceptors (Lipinski definition) is 6. The van der Waals surface area contributed by atoms with Crippen molar-refractivity contribution in [2.75, 3.05) is 31.6 Å². The third kappa shape index (κ3) is 2.69. The Labute approximate surface area is 134 Å². The van der Waals surface area contributed by atoms with E-state index in [1.165, 1.54) is 0 Å². The van der Waals surface area contributed by atoms with Gasteiger partial charge in [-0.15, -0.1) is 0 Å². The van der Waals surface area contributed by atoms with Crippen LogP contribution in [0.2, 0.25) is 0 Å². The van der Waals surface area contributed by atoms with Gasteiger partial charge in [-0.2, -0.15) is 0 Å². The Balaban J connectivity index is 1.52. The van der Waals surface area contributed by atoms with Crippen LogP contribution in [0.15, 0.2) is 18.3 Å². The molecule has 4 rings (SSSR count). The van der Waals surface area contributed by atoms with E-state index in [0.717, 1.165) is 25.9 Å². The van der Waals surface area contributed by atoms with Gasteiger partial charge in [0.25, 0.3) is 5.91 Å². The quantitative estimate of drug-likeness (QED) is 0.831. The predicted molar refractivity (Wildman–Crippen MR) is 82.3 cm³/mol. The van der Waals surface area contributed by atoms with Gasteiger partial charge in [-0.1, -0.05) is 0 Å². The summed E-state index contributed by atoms with van der Waals surface area (Å²) in [6.07, 6.45) is 2.69. The number of aliphatic hydroxyl groups excluding tert-OH is 1. The first-order valence-electron chi connectivity index (χ1n) is 8.16. The zero-order chi connectivity index (χ0) is 15.8. The van der Waals surface area contributed by atoms with E-state index in [2.05, 4.69) is 10.3 Å². The van der Waals surface area contributed by atoms with Crippen molar-refractivity contribution in [3.05, 3.63) is 23.9 Å². The molecule has 0 saturated carbocycles. The zero-order valence-electron chi connectivity index (χ0n) is 12.9. The minimum absolute atomic E-state index is 0.0148. The molecule has 4 heterocycles. The summed E-state index contributed by atoms with van der Waals surface area (Å²) < 4.78 is 11.2. The van der Waals surface area contributed by atoms with Crippen LogP contribution in [0, 0.1) is 0 Å². The fraction of sp³-hybridized carbons (Fsp3) is 0.625. The summed E-state index contributed by atoms with van der Waals surface area (Å²) in [5.74, 6) is 0.574. The van der Waals surface area contributed by atoms with Crippen LogP contribution in [-0.2, 0) is 9.47 Å². The Kier molecular flexibility index (Phi) is 3.92. The Hall–Kier alpha value is -1.70. The Bertz CT molecular complexity index is 590. The number of aliphatic hydroxyl groups is 1. The maximum Gasteiger partial charge on any atom is 0.257 e. The van der Waals surface area contributed by atoms with Gasteiger partial charge >= 0.3 is 0 Å². The molecule has 4 atom stereocenters. The second-order valence-corrected chi connectivity index (χ2v) is 6.31. The molecule has 0 bridgehead atoms. The number of aromatic nitrogens is 1. The highest BCUT2D eigenvalue weighted by Crippen LogP contribution is 2.29. The second kappa shape index (κ2) is 6.07. The summed E-state index contributed by atoms with van der Waals surface area (Å²) in [4.78, 5) is 18.9. The molecule has 7 nitrogen and oxygen atoms in total. The van der Waals surface area contributed by atoms with Crippen molar-refractivity contribution in [3.8, 4) is 0 Å². The first-order valence-corrected chi connectivity index (χ1v) is 8.16. The highest BCUT2D eigenvalue weighted by molar-refractivity contribution is 5.98. The van der Waals surface area contributed by atoms with E-state index >= 15 is 0 Å². The van der Waals surface area contributed by atoms with Crippen LogP contribution < -0.4 is 5.32 Å². The van der Waals surface area contributed by atoms with Crippen LogP contribution in [0.4, 0.5) is 5.82 Å². The fourth-order valence-corrected chi connectivity index (χ4v) is 3.56. The van der Waals surface area contributed by atoms with Gasteiger partial charge in [-0.25, -0.2) is 4.98 Å². The molecular weight excluding hydrogens is 298 g/mol. The van der Waals surface area contributed by atoms with Crippen LogP contribution in [0.5, 0.6) is 0 Å². The smallest absolute Gasteiger partial charge is 0.257 e. The van der Waals surface area contributed by atoms with Gasteiger partial charge < -0.3 is 24.8 Å². The number of nitrogens with zero attached hydrogens (tertiary/aromatic N) is 2. The van der Waals surface area contributed by atoms with Crippen LogP contribution >= 0.6 is 0 Å². The molecule has 3 aliphatic heterocycles. The van der Waals surface area contributed by atoms with Gasteiger partial charge in [-0.05, 0) is 25.0 Å².